The normalized spacial score (nSPS) is 11.2. The van der Waals surface area contributed by atoms with E-state index in [0.717, 1.165) is 12.8 Å². The number of unbranched alkanes of at least 4 members (excludes halogenated alkanes) is 1. The molecule has 0 unspecified atom stereocenters. The van der Waals surface area contributed by atoms with Crippen LogP contribution in [-0.2, 0) is 14.3 Å². The lowest BCUT2D eigenvalue weighted by atomic mass is 10.3. The number of ether oxygens (including phenoxy) is 2. The number of methoxy groups -OCH3 is 2. The van der Waals surface area contributed by atoms with E-state index in [1.807, 2.05) is 13.0 Å². The second-order valence-corrected chi connectivity index (χ2v) is 3.59. The molecule has 6 nitrogen and oxygen atoms in total. The summed E-state index contributed by atoms with van der Waals surface area (Å²) in [5, 5.41) is 14.3. The summed E-state index contributed by atoms with van der Waals surface area (Å²) in [6.45, 7) is 2.97. The Hall–Kier alpha value is -1.58. The van der Waals surface area contributed by atoms with Crippen LogP contribution in [0.1, 0.15) is 19.8 Å². The third-order valence-corrected chi connectivity index (χ3v) is 2.24. The van der Waals surface area contributed by atoms with Crippen molar-refractivity contribution in [3.8, 4) is 6.07 Å². The summed E-state index contributed by atoms with van der Waals surface area (Å²) in [6.07, 6.45) is 2.84. The molecule has 0 atom stereocenters. The molecule has 0 radical (unpaired) electrons. The van der Waals surface area contributed by atoms with Gasteiger partial charge in [-0.2, -0.15) is 5.26 Å². The van der Waals surface area contributed by atoms with Gasteiger partial charge in [0.1, 0.15) is 11.6 Å². The predicted octanol–water partition coefficient (Wildman–Crippen LogP) is 0.519. The summed E-state index contributed by atoms with van der Waals surface area (Å²) in [5.41, 5.74) is 0.0389. The van der Waals surface area contributed by atoms with E-state index in [9.17, 15) is 4.79 Å². The summed E-state index contributed by atoms with van der Waals surface area (Å²) in [5.74, 6) is -0.371. The van der Waals surface area contributed by atoms with Gasteiger partial charge in [-0.05, 0) is 6.42 Å². The van der Waals surface area contributed by atoms with Gasteiger partial charge in [-0.15, -0.1) is 0 Å². The van der Waals surface area contributed by atoms with Gasteiger partial charge in [-0.25, -0.2) is 0 Å². The number of nitrogens with one attached hydrogen (secondary N) is 2. The van der Waals surface area contributed by atoms with Gasteiger partial charge < -0.3 is 20.1 Å². The highest BCUT2D eigenvalue weighted by atomic mass is 16.7. The molecule has 0 spiro atoms. The number of nitriles is 1. The van der Waals surface area contributed by atoms with Crippen LogP contribution in [0.3, 0.4) is 0 Å². The molecule has 0 fully saturated rings. The van der Waals surface area contributed by atoms with Crippen molar-refractivity contribution in [2.45, 2.75) is 26.1 Å². The first-order valence-corrected chi connectivity index (χ1v) is 5.87. The Morgan fingerprint density at radius 2 is 2.11 bits per heavy atom. The second-order valence-electron chi connectivity index (χ2n) is 3.59. The Labute approximate surface area is 108 Å². The minimum absolute atomic E-state index is 0.0389. The van der Waals surface area contributed by atoms with E-state index in [1.165, 1.54) is 20.4 Å². The van der Waals surface area contributed by atoms with Crippen LogP contribution >= 0.6 is 0 Å². The maximum Gasteiger partial charge on any atom is 0.263 e. The lowest BCUT2D eigenvalue weighted by Gasteiger charge is -2.12. The Balaban J connectivity index is 4.15. The molecule has 1 amide bonds. The predicted molar refractivity (Wildman–Crippen MR) is 67.4 cm³/mol. The number of nitrogens with zero attached hydrogens (tertiary/aromatic N) is 1. The van der Waals surface area contributed by atoms with Crippen molar-refractivity contribution in [1.29, 1.82) is 5.26 Å². The van der Waals surface area contributed by atoms with E-state index in [2.05, 4.69) is 10.6 Å². The first kappa shape index (κ1) is 16.4. The van der Waals surface area contributed by atoms with Gasteiger partial charge in [0.05, 0.1) is 6.54 Å². The molecule has 102 valence electrons. The SMILES string of the molecule is CCCCNC(=O)/C(C#N)=C\NCC(OC)OC. The molecule has 0 saturated carbocycles. The van der Waals surface area contributed by atoms with Crippen LogP contribution in [0.2, 0.25) is 0 Å². The molecule has 0 bridgehead atoms. The number of rotatable bonds is 9. The zero-order valence-corrected chi connectivity index (χ0v) is 11.2. The van der Waals surface area contributed by atoms with Crippen molar-refractivity contribution >= 4 is 5.91 Å². The van der Waals surface area contributed by atoms with E-state index in [-0.39, 0.29) is 11.5 Å². The Morgan fingerprint density at radius 1 is 1.44 bits per heavy atom. The third-order valence-electron chi connectivity index (χ3n) is 2.24. The molecule has 0 rings (SSSR count). The van der Waals surface area contributed by atoms with E-state index in [1.54, 1.807) is 0 Å². The molecule has 2 N–H and O–H groups in total. The highest BCUT2D eigenvalue weighted by molar-refractivity contribution is 5.97. The second kappa shape index (κ2) is 10.6. The monoisotopic (exact) mass is 255 g/mol. The number of carbonyl (C=O) groups is 1. The van der Waals surface area contributed by atoms with Gasteiger partial charge in [0.15, 0.2) is 6.29 Å². The summed E-state index contributed by atoms with van der Waals surface area (Å²) in [6, 6.07) is 1.84. The average Bonchev–Trinajstić information content (AvgIpc) is 2.39. The van der Waals surface area contributed by atoms with Crippen LogP contribution in [-0.4, -0.2) is 39.5 Å². The fourth-order valence-electron chi connectivity index (χ4n) is 1.14. The highest BCUT2D eigenvalue weighted by Crippen LogP contribution is 1.93. The van der Waals surface area contributed by atoms with Crippen LogP contribution < -0.4 is 10.6 Å². The van der Waals surface area contributed by atoms with E-state index in [4.69, 9.17) is 14.7 Å². The molecule has 0 aliphatic carbocycles. The molecule has 0 aromatic heterocycles. The zero-order valence-electron chi connectivity index (χ0n) is 11.2. The van der Waals surface area contributed by atoms with Crippen molar-refractivity contribution < 1.29 is 14.3 Å². The van der Waals surface area contributed by atoms with Crippen molar-refractivity contribution in [3.63, 3.8) is 0 Å². The molecule has 0 aromatic carbocycles. The smallest absolute Gasteiger partial charge is 0.263 e. The summed E-state index contributed by atoms with van der Waals surface area (Å²) < 4.78 is 9.91. The molecule has 6 heteroatoms. The molecule has 18 heavy (non-hydrogen) atoms. The van der Waals surface area contributed by atoms with Gasteiger partial charge in [-0.1, -0.05) is 13.3 Å². The number of hydrogen-bond acceptors (Lipinski definition) is 5. The minimum Gasteiger partial charge on any atom is -0.385 e. The number of amides is 1. The maximum absolute atomic E-state index is 11.6. The van der Waals surface area contributed by atoms with E-state index >= 15 is 0 Å². The third kappa shape index (κ3) is 6.89. The van der Waals surface area contributed by atoms with Crippen LogP contribution in [0.25, 0.3) is 0 Å². The Kier molecular flexibility index (Phi) is 9.64. The van der Waals surface area contributed by atoms with Gasteiger partial charge >= 0.3 is 0 Å². The molecule has 0 aliphatic heterocycles. The Bertz CT molecular complexity index is 306. The first-order valence-electron chi connectivity index (χ1n) is 5.87. The van der Waals surface area contributed by atoms with Crippen LogP contribution in [0.4, 0.5) is 0 Å². The van der Waals surface area contributed by atoms with Gasteiger partial charge in [-0.3, -0.25) is 4.79 Å². The lowest BCUT2D eigenvalue weighted by molar-refractivity contribution is -0.117. The van der Waals surface area contributed by atoms with Crippen LogP contribution in [0, 0.1) is 11.3 Å². The molecule has 0 saturated heterocycles. The summed E-state index contributed by atoms with van der Waals surface area (Å²) in [7, 11) is 3.03. The van der Waals surface area contributed by atoms with Crippen molar-refractivity contribution in [1.82, 2.24) is 10.6 Å². The summed E-state index contributed by atoms with van der Waals surface area (Å²) >= 11 is 0. The standard InChI is InChI=1S/C12H21N3O3/c1-4-5-6-15-12(16)10(7-13)8-14-9-11(17-2)18-3/h8,11,14H,4-6,9H2,1-3H3,(H,15,16)/b10-8-. The quantitative estimate of drug-likeness (QED) is 0.271. The topological polar surface area (TPSA) is 83.4 Å². The largest absolute Gasteiger partial charge is 0.385 e. The van der Waals surface area contributed by atoms with Crippen molar-refractivity contribution in [3.05, 3.63) is 11.8 Å². The highest BCUT2D eigenvalue weighted by Gasteiger charge is 2.08. The molecule has 0 aliphatic rings. The molecular weight excluding hydrogens is 234 g/mol. The average molecular weight is 255 g/mol. The summed E-state index contributed by atoms with van der Waals surface area (Å²) in [4.78, 5) is 11.6. The lowest BCUT2D eigenvalue weighted by Crippen LogP contribution is -2.29. The zero-order chi connectivity index (χ0) is 13.8. The minimum atomic E-state index is -0.413. The fraction of sp³-hybridized carbons (Fsp3) is 0.667. The maximum atomic E-state index is 11.6. The molecule has 0 heterocycles. The van der Waals surface area contributed by atoms with E-state index < -0.39 is 6.29 Å². The van der Waals surface area contributed by atoms with Crippen molar-refractivity contribution in [2.24, 2.45) is 0 Å². The van der Waals surface area contributed by atoms with Gasteiger partial charge in [0.2, 0.25) is 0 Å². The van der Waals surface area contributed by atoms with Gasteiger partial charge in [0.25, 0.3) is 5.91 Å². The fourth-order valence-corrected chi connectivity index (χ4v) is 1.14. The number of hydrogen-bond donors (Lipinski definition) is 2. The van der Waals surface area contributed by atoms with Crippen LogP contribution in [0.5, 0.6) is 0 Å². The molecule has 0 aromatic rings. The van der Waals surface area contributed by atoms with Crippen molar-refractivity contribution in [2.75, 3.05) is 27.3 Å². The van der Waals surface area contributed by atoms with Gasteiger partial charge in [0, 0.05) is 27.0 Å². The van der Waals surface area contributed by atoms with E-state index in [0.29, 0.717) is 13.1 Å². The number of carbonyl (C=O) groups excluding carboxylic acids is 1. The molecular formula is C12H21N3O3. The first-order chi connectivity index (χ1) is 8.69. The Morgan fingerprint density at radius 3 is 2.61 bits per heavy atom. The van der Waals surface area contributed by atoms with Crippen LogP contribution in [0.15, 0.2) is 11.8 Å².